The molecule has 0 fully saturated rings. The highest BCUT2D eigenvalue weighted by atomic mass is 16.4. The third-order valence-electron chi connectivity index (χ3n) is 3.45. The van der Waals surface area contributed by atoms with Gasteiger partial charge in [-0.15, -0.1) is 0 Å². The summed E-state index contributed by atoms with van der Waals surface area (Å²) in [7, 11) is 1.70. The summed E-state index contributed by atoms with van der Waals surface area (Å²) in [4.78, 5) is 15.3. The Kier molecular flexibility index (Phi) is 3.42. The minimum atomic E-state index is -1.01. The number of carbonyl (C=O) groups is 1. The van der Waals surface area contributed by atoms with Gasteiger partial charge in [-0.05, 0) is 29.5 Å². The molecule has 1 heterocycles. The number of rotatable bonds is 2. The topological polar surface area (TPSA) is 55.1 Å². The minimum Gasteiger partial charge on any atom is -0.475 e. The Labute approximate surface area is 119 Å². The minimum absolute atomic E-state index is 0.0485. The van der Waals surface area contributed by atoms with Crippen LogP contribution >= 0.6 is 0 Å². The molecule has 1 aromatic heterocycles. The summed E-state index contributed by atoms with van der Waals surface area (Å²) in [5, 5.41) is 9.10. The molecule has 20 heavy (non-hydrogen) atoms. The van der Waals surface area contributed by atoms with Gasteiger partial charge >= 0.3 is 5.97 Å². The summed E-state index contributed by atoms with van der Waals surface area (Å²) in [6.07, 6.45) is 1.76. The molecule has 0 amide bonds. The fourth-order valence-electron chi connectivity index (χ4n) is 2.16. The van der Waals surface area contributed by atoms with Crippen molar-refractivity contribution in [1.29, 1.82) is 0 Å². The number of benzene rings is 1. The molecule has 0 bridgehead atoms. The van der Waals surface area contributed by atoms with Gasteiger partial charge in [-0.1, -0.05) is 32.9 Å². The summed E-state index contributed by atoms with van der Waals surface area (Å²) in [5.74, 6) is -0.955. The molecule has 0 radical (unpaired) electrons. The van der Waals surface area contributed by atoms with Crippen LogP contribution in [0.1, 0.15) is 42.5 Å². The molecule has 2 rings (SSSR count). The molecule has 106 valence electrons. The van der Waals surface area contributed by atoms with Crippen LogP contribution in [0.15, 0.2) is 24.4 Å². The summed E-state index contributed by atoms with van der Waals surface area (Å²) in [5.41, 5.74) is 4.04. The molecule has 0 aliphatic carbocycles. The second kappa shape index (κ2) is 4.78. The summed E-state index contributed by atoms with van der Waals surface area (Å²) < 4.78 is 1.54. The van der Waals surface area contributed by atoms with Gasteiger partial charge in [-0.3, -0.25) is 0 Å². The van der Waals surface area contributed by atoms with Crippen LogP contribution in [0.2, 0.25) is 0 Å². The van der Waals surface area contributed by atoms with E-state index in [2.05, 4.69) is 44.0 Å². The molecule has 0 aliphatic heterocycles. The first-order valence-electron chi connectivity index (χ1n) is 6.58. The van der Waals surface area contributed by atoms with Crippen LogP contribution in [0.25, 0.3) is 11.3 Å². The zero-order valence-electron chi connectivity index (χ0n) is 12.6. The molecule has 0 aliphatic rings. The molecule has 2 aromatic rings. The lowest BCUT2D eigenvalue weighted by Crippen LogP contribution is -2.11. The molecular formula is C16H20N2O2. The highest BCUT2D eigenvalue weighted by Gasteiger charge is 2.18. The lowest BCUT2D eigenvalue weighted by atomic mass is 9.85. The number of nitrogens with zero attached hydrogens (tertiary/aromatic N) is 2. The second-order valence-electron chi connectivity index (χ2n) is 6.15. The van der Waals surface area contributed by atoms with E-state index in [9.17, 15) is 4.79 Å². The van der Waals surface area contributed by atoms with Crippen molar-refractivity contribution in [2.75, 3.05) is 0 Å². The van der Waals surface area contributed by atoms with Crippen LogP contribution in [0.3, 0.4) is 0 Å². The maximum absolute atomic E-state index is 11.1. The molecule has 4 heteroatoms. The molecule has 0 saturated carbocycles. The van der Waals surface area contributed by atoms with Gasteiger partial charge in [0, 0.05) is 18.8 Å². The Bertz CT molecular complexity index is 664. The highest BCUT2D eigenvalue weighted by Crippen LogP contribution is 2.29. The van der Waals surface area contributed by atoms with E-state index < -0.39 is 5.97 Å². The van der Waals surface area contributed by atoms with Crippen molar-refractivity contribution in [2.45, 2.75) is 33.1 Å². The summed E-state index contributed by atoms with van der Waals surface area (Å²) in [6.45, 7) is 8.48. The predicted octanol–water partition coefficient (Wildman–Crippen LogP) is 3.39. The maximum atomic E-state index is 11.1. The number of carboxylic acids is 1. The monoisotopic (exact) mass is 272 g/mol. The Morgan fingerprint density at radius 3 is 2.45 bits per heavy atom. The molecule has 0 spiro atoms. The fraction of sp³-hybridized carbons (Fsp3) is 0.375. The summed E-state index contributed by atoms with van der Waals surface area (Å²) >= 11 is 0. The number of carboxylic acid groups (broad SMARTS) is 1. The Morgan fingerprint density at radius 2 is 1.95 bits per heavy atom. The van der Waals surface area contributed by atoms with Crippen LogP contribution in [0, 0.1) is 6.92 Å². The number of aromatic nitrogens is 2. The van der Waals surface area contributed by atoms with Gasteiger partial charge in [0.2, 0.25) is 5.82 Å². The molecule has 1 N–H and O–H groups in total. The SMILES string of the molecule is Cc1ccc(C(C)(C)C)cc1-c1cn(C)c(C(=O)O)n1. The molecule has 0 unspecified atom stereocenters. The number of hydrogen-bond acceptors (Lipinski definition) is 2. The third-order valence-corrected chi connectivity index (χ3v) is 3.45. The zero-order chi connectivity index (χ0) is 15.1. The van der Waals surface area contributed by atoms with Crippen molar-refractivity contribution < 1.29 is 9.90 Å². The normalized spacial score (nSPS) is 11.7. The molecule has 4 nitrogen and oxygen atoms in total. The van der Waals surface area contributed by atoms with E-state index in [0.717, 1.165) is 11.1 Å². The van der Waals surface area contributed by atoms with E-state index in [1.54, 1.807) is 17.8 Å². The van der Waals surface area contributed by atoms with E-state index in [0.29, 0.717) is 5.69 Å². The Hall–Kier alpha value is -2.10. The maximum Gasteiger partial charge on any atom is 0.372 e. The van der Waals surface area contributed by atoms with E-state index >= 15 is 0 Å². The smallest absolute Gasteiger partial charge is 0.372 e. The number of aryl methyl sites for hydroxylation is 2. The van der Waals surface area contributed by atoms with Gasteiger partial charge in [0.05, 0.1) is 5.69 Å². The first-order chi connectivity index (χ1) is 9.20. The quantitative estimate of drug-likeness (QED) is 0.911. The highest BCUT2D eigenvalue weighted by molar-refractivity contribution is 5.85. The van der Waals surface area contributed by atoms with E-state index in [1.807, 2.05) is 6.92 Å². The second-order valence-corrected chi connectivity index (χ2v) is 6.15. The molecule has 0 saturated heterocycles. The summed E-state index contributed by atoms with van der Waals surface area (Å²) in [6, 6.07) is 6.27. The van der Waals surface area contributed by atoms with Crippen molar-refractivity contribution in [3.8, 4) is 11.3 Å². The largest absolute Gasteiger partial charge is 0.475 e. The number of aromatic carboxylic acids is 1. The van der Waals surface area contributed by atoms with Crippen LogP contribution in [-0.2, 0) is 12.5 Å². The zero-order valence-corrected chi connectivity index (χ0v) is 12.6. The van der Waals surface area contributed by atoms with Gasteiger partial charge in [-0.2, -0.15) is 0 Å². The number of hydrogen-bond donors (Lipinski definition) is 1. The Morgan fingerprint density at radius 1 is 1.30 bits per heavy atom. The molecule has 1 aromatic carbocycles. The van der Waals surface area contributed by atoms with Crippen molar-refractivity contribution in [3.63, 3.8) is 0 Å². The van der Waals surface area contributed by atoms with Crippen molar-refractivity contribution in [1.82, 2.24) is 9.55 Å². The van der Waals surface area contributed by atoms with Crippen molar-refractivity contribution in [3.05, 3.63) is 41.3 Å². The van der Waals surface area contributed by atoms with Gasteiger partial charge in [-0.25, -0.2) is 9.78 Å². The van der Waals surface area contributed by atoms with Gasteiger partial charge < -0.3 is 9.67 Å². The third kappa shape index (κ3) is 2.59. The predicted molar refractivity (Wildman–Crippen MR) is 79.0 cm³/mol. The van der Waals surface area contributed by atoms with E-state index in [4.69, 9.17) is 5.11 Å². The molecular weight excluding hydrogens is 252 g/mol. The van der Waals surface area contributed by atoms with Crippen LogP contribution in [0.4, 0.5) is 0 Å². The van der Waals surface area contributed by atoms with Crippen LogP contribution in [0.5, 0.6) is 0 Å². The average molecular weight is 272 g/mol. The van der Waals surface area contributed by atoms with Gasteiger partial charge in [0.25, 0.3) is 0 Å². The van der Waals surface area contributed by atoms with Crippen LogP contribution < -0.4 is 0 Å². The lowest BCUT2D eigenvalue weighted by Gasteiger charge is -2.20. The first-order valence-corrected chi connectivity index (χ1v) is 6.58. The molecule has 0 atom stereocenters. The fourth-order valence-corrected chi connectivity index (χ4v) is 2.16. The van der Waals surface area contributed by atoms with Crippen LogP contribution in [-0.4, -0.2) is 20.6 Å². The van der Waals surface area contributed by atoms with Crippen molar-refractivity contribution in [2.24, 2.45) is 7.05 Å². The first kappa shape index (κ1) is 14.3. The lowest BCUT2D eigenvalue weighted by molar-refractivity contribution is 0.0680. The van der Waals surface area contributed by atoms with Gasteiger partial charge in [0.1, 0.15) is 0 Å². The standard InChI is InChI=1S/C16H20N2O2/c1-10-6-7-11(16(2,3)4)8-12(10)13-9-18(5)14(17-13)15(19)20/h6-9H,1-5H3,(H,19,20). The van der Waals surface area contributed by atoms with E-state index in [-0.39, 0.29) is 11.2 Å². The van der Waals surface area contributed by atoms with E-state index in [1.165, 1.54) is 5.56 Å². The van der Waals surface area contributed by atoms with Gasteiger partial charge in [0.15, 0.2) is 0 Å². The Balaban J connectivity index is 2.57. The number of imidazole rings is 1. The average Bonchev–Trinajstić information content (AvgIpc) is 2.70. The van der Waals surface area contributed by atoms with Crippen molar-refractivity contribution >= 4 is 5.97 Å².